The van der Waals surface area contributed by atoms with Crippen LogP contribution in [0.3, 0.4) is 0 Å². The van der Waals surface area contributed by atoms with Crippen molar-refractivity contribution in [1.29, 1.82) is 0 Å². The second-order valence-electron chi connectivity index (χ2n) is 7.53. The standard InChI is InChI=1S/C21H36N4O2.HI/c1-17(2)14-19(25-10-12-27-13-11-25)15-23-21(22-3)24(4)16-18-8-6-7-9-20(18)26-5;/h6-9,17,19H,10-16H2,1-5H3,(H,22,23);1H. The minimum Gasteiger partial charge on any atom is -0.496 e. The van der Waals surface area contributed by atoms with Gasteiger partial charge in [0.1, 0.15) is 5.75 Å². The lowest BCUT2D eigenvalue weighted by Gasteiger charge is -2.36. The number of halogens is 1. The van der Waals surface area contributed by atoms with E-state index < -0.39 is 0 Å². The first kappa shape index (κ1) is 25.0. The number of methoxy groups -OCH3 is 1. The Morgan fingerprint density at radius 2 is 1.96 bits per heavy atom. The predicted octanol–water partition coefficient (Wildman–Crippen LogP) is 3.07. The van der Waals surface area contributed by atoms with E-state index in [0.717, 1.165) is 56.7 Å². The van der Waals surface area contributed by atoms with Crippen LogP contribution in [0.15, 0.2) is 29.3 Å². The summed E-state index contributed by atoms with van der Waals surface area (Å²) in [4.78, 5) is 9.17. The van der Waals surface area contributed by atoms with Gasteiger partial charge in [0.15, 0.2) is 5.96 Å². The first-order chi connectivity index (χ1) is 13.0. The summed E-state index contributed by atoms with van der Waals surface area (Å²) in [6, 6.07) is 8.62. The lowest BCUT2D eigenvalue weighted by Crippen LogP contribution is -2.51. The molecule has 1 saturated heterocycles. The third kappa shape index (κ3) is 7.75. The smallest absolute Gasteiger partial charge is 0.193 e. The molecule has 0 radical (unpaired) electrons. The maximum atomic E-state index is 5.52. The fraction of sp³-hybridized carbons (Fsp3) is 0.667. The fourth-order valence-corrected chi connectivity index (χ4v) is 3.61. The molecule has 0 aromatic heterocycles. The van der Waals surface area contributed by atoms with Gasteiger partial charge >= 0.3 is 0 Å². The van der Waals surface area contributed by atoms with Crippen LogP contribution in [0, 0.1) is 5.92 Å². The van der Waals surface area contributed by atoms with E-state index in [1.54, 1.807) is 7.11 Å². The molecule has 1 fully saturated rings. The summed E-state index contributed by atoms with van der Waals surface area (Å²) in [6.45, 7) is 9.89. The van der Waals surface area contributed by atoms with Crippen LogP contribution in [0.2, 0.25) is 0 Å². The molecule has 1 atom stereocenters. The van der Waals surface area contributed by atoms with Crippen molar-refractivity contribution in [2.24, 2.45) is 10.9 Å². The molecule has 28 heavy (non-hydrogen) atoms. The van der Waals surface area contributed by atoms with Gasteiger partial charge in [-0.25, -0.2) is 0 Å². The lowest BCUT2D eigenvalue weighted by molar-refractivity contribution is 0.0131. The van der Waals surface area contributed by atoms with E-state index in [4.69, 9.17) is 9.47 Å². The van der Waals surface area contributed by atoms with Crippen molar-refractivity contribution in [2.75, 3.05) is 54.1 Å². The second-order valence-corrected chi connectivity index (χ2v) is 7.53. The van der Waals surface area contributed by atoms with Gasteiger partial charge in [-0.05, 0) is 18.4 Å². The molecule has 1 aliphatic heterocycles. The zero-order chi connectivity index (χ0) is 19.6. The van der Waals surface area contributed by atoms with Gasteiger partial charge in [-0.3, -0.25) is 9.89 Å². The van der Waals surface area contributed by atoms with Gasteiger partial charge in [0.25, 0.3) is 0 Å². The molecule has 1 heterocycles. The molecule has 6 nitrogen and oxygen atoms in total. The lowest BCUT2D eigenvalue weighted by atomic mass is 10.0. The number of benzene rings is 1. The van der Waals surface area contributed by atoms with Crippen LogP contribution in [-0.4, -0.2) is 75.9 Å². The van der Waals surface area contributed by atoms with Crippen molar-refractivity contribution in [3.8, 4) is 5.75 Å². The van der Waals surface area contributed by atoms with Crippen LogP contribution < -0.4 is 10.1 Å². The average Bonchev–Trinajstić information content (AvgIpc) is 2.68. The van der Waals surface area contributed by atoms with Gasteiger partial charge in [0, 0.05) is 51.9 Å². The topological polar surface area (TPSA) is 49.3 Å². The van der Waals surface area contributed by atoms with E-state index in [9.17, 15) is 0 Å². The minimum absolute atomic E-state index is 0. The van der Waals surface area contributed by atoms with Crippen LogP contribution in [-0.2, 0) is 11.3 Å². The maximum absolute atomic E-state index is 5.52. The van der Waals surface area contributed by atoms with E-state index in [-0.39, 0.29) is 24.0 Å². The van der Waals surface area contributed by atoms with Crippen molar-refractivity contribution >= 4 is 29.9 Å². The SMILES string of the molecule is CN=C(NCC(CC(C)C)N1CCOCC1)N(C)Cc1ccccc1OC.I. The molecule has 1 aromatic carbocycles. The van der Waals surface area contributed by atoms with Crippen molar-refractivity contribution in [2.45, 2.75) is 32.9 Å². The molecule has 0 spiro atoms. The van der Waals surface area contributed by atoms with Gasteiger partial charge in [0.2, 0.25) is 0 Å². The van der Waals surface area contributed by atoms with Crippen LogP contribution in [0.4, 0.5) is 0 Å². The Labute approximate surface area is 187 Å². The number of ether oxygens (including phenoxy) is 2. The monoisotopic (exact) mass is 504 g/mol. The van der Waals surface area contributed by atoms with Gasteiger partial charge in [0.05, 0.1) is 20.3 Å². The highest BCUT2D eigenvalue weighted by molar-refractivity contribution is 14.0. The number of morpholine rings is 1. The second kappa shape index (κ2) is 13.2. The van der Waals surface area contributed by atoms with Crippen LogP contribution in [0.25, 0.3) is 0 Å². The Kier molecular flexibility index (Phi) is 11.8. The Bertz CT molecular complexity index is 592. The van der Waals surface area contributed by atoms with Crippen molar-refractivity contribution in [1.82, 2.24) is 15.1 Å². The molecule has 0 saturated carbocycles. The summed E-state index contributed by atoms with van der Waals surface area (Å²) in [5.41, 5.74) is 1.15. The molecular formula is C21H37IN4O2. The number of aliphatic imine (C=N–C) groups is 1. The van der Waals surface area contributed by atoms with E-state index in [0.29, 0.717) is 12.0 Å². The van der Waals surface area contributed by atoms with Crippen molar-refractivity contribution in [3.63, 3.8) is 0 Å². The summed E-state index contributed by atoms with van der Waals surface area (Å²) in [5, 5.41) is 3.58. The first-order valence-corrected chi connectivity index (χ1v) is 9.90. The number of nitrogens with one attached hydrogen (secondary N) is 1. The highest BCUT2D eigenvalue weighted by Gasteiger charge is 2.22. The van der Waals surface area contributed by atoms with Crippen LogP contribution >= 0.6 is 24.0 Å². The zero-order valence-electron chi connectivity index (χ0n) is 18.0. The molecule has 1 aliphatic rings. The normalized spacial score (nSPS) is 16.4. The largest absolute Gasteiger partial charge is 0.496 e. The van der Waals surface area contributed by atoms with E-state index >= 15 is 0 Å². The number of guanidine groups is 1. The van der Waals surface area contributed by atoms with Gasteiger partial charge in [-0.2, -0.15) is 0 Å². The molecule has 0 bridgehead atoms. The number of hydrogen-bond acceptors (Lipinski definition) is 4. The third-order valence-electron chi connectivity index (χ3n) is 4.97. The zero-order valence-corrected chi connectivity index (χ0v) is 20.3. The molecule has 0 aliphatic carbocycles. The minimum atomic E-state index is 0. The van der Waals surface area contributed by atoms with E-state index in [1.165, 1.54) is 6.42 Å². The Morgan fingerprint density at radius 3 is 2.57 bits per heavy atom. The molecule has 7 heteroatoms. The van der Waals surface area contributed by atoms with Crippen molar-refractivity contribution < 1.29 is 9.47 Å². The average molecular weight is 504 g/mol. The highest BCUT2D eigenvalue weighted by atomic mass is 127. The maximum Gasteiger partial charge on any atom is 0.193 e. The number of para-hydroxylation sites is 1. The van der Waals surface area contributed by atoms with E-state index in [2.05, 4.69) is 47.1 Å². The van der Waals surface area contributed by atoms with Gasteiger partial charge < -0.3 is 19.7 Å². The Balaban J connectivity index is 0.00000392. The molecule has 2 rings (SSSR count). The third-order valence-corrected chi connectivity index (χ3v) is 4.97. The predicted molar refractivity (Wildman–Crippen MR) is 127 cm³/mol. The highest BCUT2D eigenvalue weighted by Crippen LogP contribution is 2.19. The summed E-state index contributed by atoms with van der Waals surface area (Å²) in [7, 11) is 5.62. The molecule has 0 amide bonds. The molecule has 160 valence electrons. The number of hydrogen-bond donors (Lipinski definition) is 1. The molecular weight excluding hydrogens is 467 g/mol. The van der Waals surface area contributed by atoms with Gasteiger partial charge in [-0.15, -0.1) is 24.0 Å². The van der Waals surface area contributed by atoms with Crippen molar-refractivity contribution in [3.05, 3.63) is 29.8 Å². The number of nitrogens with zero attached hydrogens (tertiary/aromatic N) is 3. The molecule has 1 unspecified atom stereocenters. The Morgan fingerprint density at radius 1 is 1.29 bits per heavy atom. The Hall–Kier alpha value is -1.06. The summed E-state index contributed by atoms with van der Waals surface area (Å²) >= 11 is 0. The fourth-order valence-electron chi connectivity index (χ4n) is 3.61. The molecule has 1 aromatic rings. The van der Waals surface area contributed by atoms with Crippen LogP contribution in [0.5, 0.6) is 5.75 Å². The first-order valence-electron chi connectivity index (χ1n) is 9.90. The van der Waals surface area contributed by atoms with E-state index in [1.807, 2.05) is 25.2 Å². The van der Waals surface area contributed by atoms with Crippen LogP contribution in [0.1, 0.15) is 25.8 Å². The summed E-state index contributed by atoms with van der Waals surface area (Å²) in [5.74, 6) is 2.47. The summed E-state index contributed by atoms with van der Waals surface area (Å²) < 4.78 is 11.0. The van der Waals surface area contributed by atoms with Gasteiger partial charge in [-0.1, -0.05) is 32.0 Å². The quantitative estimate of drug-likeness (QED) is 0.335. The number of rotatable bonds is 8. The summed E-state index contributed by atoms with van der Waals surface area (Å²) in [6.07, 6.45) is 1.17. The molecule has 1 N–H and O–H groups in total.